The molecule has 1 aromatic carbocycles. The fourth-order valence-electron chi connectivity index (χ4n) is 3.95. The van der Waals surface area contributed by atoms with E-state index in [1.807, 2.05) is 4.90 Å². The third-order valence-corrected chi connectivity index (χ3v) is 5.13. The van der Waals surface area contributed by atoms with E-state index in [0.717, 1.165) is 25.6 Å². The lowest BCUT2D eigenvalue weighted by Crippen LogP contribution is -2.29. The van der Waals surface area contributed by atoms with Crippen molar-refractivity contribution >= 4 is 11.4 Å². The molecule has 1 saturated carbocycles. The molecule has 3 rings (SSSR count). The summed E-state index contributed by atoms with van der Waals surface area (Å²) in [5, 5.41) is 11.3. The smallest absolute Gasteiger partial charge is 0.328 e. The third kappa shape index (κ3) is 2.62. The van der Waals surface area contributed by atoms with Crippen molar-refractivity contribution in [3.8, 4) is 5.75 Å². The van der Waals surface area contributed by atoms with E-state index in [-0.39, 0.29) is 5.41 Å². The lowest BCUT2D eigenvalue weighted by atomic mass is 9.73. The van der Waals surface area contributed by atoms with E-state index in [1.54, 1.807) is 6.07 Å². The largest absolute Gasteiger partial charge is 0.497 e. The van der Waals surface area contributed by atoms with Gasteiger partial charge in [-0.3, -0.25) is 10.1 Å². The Bertz CT molecular complexity index is 585. The summed E-state index contributed by atoms with van der Waals surface area (Å²) in [4.78, 5) is 12.6. The molecule has 0 atom stereocenters. The highest BCUT2D eigenvalue weighted by Crippen LogP contribution is 2.47. The Kier molecular flexibility index (Phi) is 3.93. The molecule has 0 radical (unpaired) electrons. The van der Waals surface area contributed by atoms with Crippen LogP contribution in [0.15, 0.2) is 12.1 Å². The van der Waals surface area contributed by atoms with Crippen molar-refractivity contribution in [2.24, 2.45) is 5.41 Å². The summed E-state index contributed by atoms with van der Waals surface area (Å²) in [5.41, 5.74) is 0.170. The van der Waals surface area contributed by atoms with E-state index < -0.39 is 16.4 Å². The maximum atomic E-state index is 14.1. The Morgan fingerprint density at radius 2 is 2.00 bits per heavy atom. The topological polar surface area (TPSA) is 55.6 Å². The molecule has 1 aliphatic heterocycles. The molecule has 120 valence electrons. The molecule has 0 aromatic heterocycles. The Hall–Kier alpha value is -1.85. The van der Waals surface area contributed by atoms with Crippen LogP contribution in [0.5, 0.6) is 5.75 Å². The van der Waals surface area contributed by atoms with Crippen LogP contribution < -0.4 is 9.64 Å². The number of nitro benzene ring substituents is 1. The first-order chi connectivity index (χ1) is 10.5. The first-order valence-electron chi connectivity index (χ1n) is 7.82. The lowest BCUT2D eigenvalue weighted by molar-refractivity contribution is -0.386. The van der Waals surface area contributed by atoms with E-state index in [9.17, 15) is 14.5 Å². The molecule has 2 fully saturated rings. The molecule has 2 aliphatic rings. The predicted octanol–water partition coefficient (Wildman–Crippen LogP) is 3.90. The van der Waals surface area contributed by atoms with Gasteiger partial charge in [-0.2, -0.15) is 4.39 Å². The summed E-state index contributed by atoms with van der Waals surface area (Å²) in [6.07, 6.45) is 7.09. The SMILES string of the molecule is COc1cc(F)c([N+](=O)[O-])c(N2CCC3(CCCCC3)C2)c1. The molecule has 0 N–H and O–H groups in total. The maximum absolute atomic E-state index is 14.1. The molecule has 1 aromatic rings. The van der Waals surface area contributed by atoms with Gasteiger partial charge in [0.1, 0.15) is 11.4 Å². The highest BCUT2D eigenvalue weighted by atomic mass is 19.1. The second-order valence-corrected chi connectivity index (χ2v) is 6.47. The minimum atomic E-state index is -0.830. The number of hydrogen-bond acceptors (Lipinski definition) is 4. The van der Waals surface area contributed by atoms with E-state index >= 15 is 0 Å². The molecule has 22 heavy (non-hydrogen) atoms. The molecular weight excluding hydrogens is 287 g/mol. The Balaban J connectivity index is 1.94. The average Bonchev–Trinajstić information content (AvgIpc) is 2.90. The van der Waals surface area contributed by atoms with E-state index in [4.69, 9.17) is 4.74 Å². The monoisotopic (exact) mass is 308 g/mol. The Morgan fingerprint density at radius 3 is 2.64 bits per heavy atom. The zero-order valence-electron chi connectivity index (χ0n) is 12.8. The molecule has 0 bridgehead atoms. The van der Waals surface area contributed by atoms with Gasteiger partial charge in [-0.15, -0.1) is 0 Å². The normalized spacial score (nSPS) is 20.4. The number of nitro groups is 1. The summed E-state index contributed by atoms with van der Waals surface area (Å²) < 4.78 is 19.2. The minimum Gasteiger partial charge on any atom is -0.497 e. The van der Waals surface area contributed by atoms with E-state index in [1.165, 1.54) is 39.2 Å². The number of ether oxygens (including phenoxy) is 1. The number of halogens is 1. The zero-order chi connectivity index (χ0) is 15.7. The van der Waals surface area contributed by atoms with Crippen LogP contribution in [0, 0.1) is 21.3 Å². The molecular formula is C16H21FN2O3. The van der Waals surface area contributed by atoms with Crippen molar-refractivity contribution in [1.82, 2.24) is 0 Å². The number of nitrogens with zero attached hydrogens (tertiary/aromatic N) is 2. The zero-order valence-corrected chi connectivity index (χ0v) is 12.8. The van der Waals surface area contributed by atoms with Crippen molar-refractivity contribution < 1.29 is 14.1 Å². The maximum Gasteiger partial charge on any atom is 0.328 e. The number of methoxy groups -OCH3 is 1. The van der Waals surface area contributed by atoms with Gasteiger partial charge >= 0.3 is 5.69 Å². The van der Waals surface area contributed by atoms with Crippen LogP contribution in [-0.2, 0) is 0 Å². The molecule has 0 unspecified atom stereocenters. The summed E-state index contributed by atoms with van der Waals surface area (Å²) >= 11 is 0. The summed E-state index contributed by atoms with van der Waals surface area (Å²) in [5.74, 6) is -0.508. The van der Waals surface area contributed by atoms with Gasteiger partial charge in [0, 0.05) is 25.2 Å². The number of rotatable bonds is 3. The van der Waals surface area contributed by atoms with Crippen molar-refractivity contribution in [2.75, 3.05) is 25.1 Å². The lowest BCUT2D eigenvalue weighted by Gasteiger charge is -2.33. The van der Waals surface area contributed by atoms with Gasteiger partial charge < -0.3 is 9.64 Å². The second kappa shape index (κ2) is 5.74. The van der Waals surface area contributed by atoms with Gasteiger partial charge in [-0.25, -0.2) is 0 Å². The van der Waals surface area contributed by atoms with Crippen LogP contribution >= 0.6 is 0 Å². The number of hydrogen-bond donors (Lipinski definition) is 0. The van der Waals surface area contributed by atoms with Crippen molar-refractivity contribution in [3.05, 3.63) is 28.1 Å². The summed E-state index contributed by atoms with van der Waals surface area (Å²) in [7, 11) is 1.44. The van der Waals surface area contributed by atoms with Gasteiger partial charge in [-0.1, -0.05) is 19.3 Å². The molecule has 1 aliphatic carbocycles. The molecule has 1 spiro atoms. The van der Waals surface area contributed by atoms with Crippen LogP contribution in [0.4, 0.5) is 15.8 Å². The van der Waals surface area contributed by atoms with Gasteiger partial charge in [0.15, 0.2) is 0 Å². The fraction of sp³-hybridized carbons (Fsp3) is 0.625. The number of benzene rings is 1. The molecule has 1 saturated heterocycles. The van der Waals surface area contributed by atoms with E-state index in [0.29, 0.717) is 11.4 Å². The van der Waals surface area contributed by atoms with E-state index in [2.05, 4.69) is 0 Å². The van der Waals surface area contributed by atoms with Crippen LogP contribution in [0.3, 0.4) is 0 Å². The minimum absolute atomic E-state index is 0.256. The quantitative estimate of drug-likeness (QED) is 0.627. The summed E-state index contributed by atoms with van der Waals surface area (Å²) in [6, 6.07) is 2.66. The highest BCUT2D eigenvalue weighted by molar-refractivity contribution is 5.67. The van der Waals surface area contributed by atoms with Gasteiger partial charge in [0.2, 0.25) is 5.82 Å². The first-order valence-corrected chi connectivity index (χ1v) is 7.82. The molecule has 5 nitrogen and oxygen atoms in total. The van der Waals surface area contributed by atoms with Crippen molar-refractivity contribution in [1.29, 1.82) is 0 Å². The van der Waals surface area contributed by atoms with Crippen LogP contribution in [0.2, 0.25) is 0 Å². The van der Waals surface area contributed by atoms with Crippen LogP contribution in [0.25, 0.3) is 0 Å². The fourth-order valence-corrected chi connectivity index (χ4v) is 3.95. The first kappa shape index (κ1) is 15.1. The Morgan fingerprint density at radius 1 is 1.27 bits per heavy atom. The van der Waals surface area contributed by atoms with Crippen LogP contribution in [0.1, 0.15) is 38.5 Å². The molecule has 0 amide bonds. The second-order valence-electron chi connectivity index (χ2n) is 6.47. The highest BCUT2D eigenvalue weighted by Gasteiger charge is 2.41. The third-order valence-electron chi connectivity index (χ3n) is 5.13. The standard InChI is InChI=1S/C16H21FN2O3/c1-22-12-9-13(17)15(19(20)21)14(10-12)18-8-7-16(11-18)5-3-2-4-6-16/h9-10H,2-8,11H2,1H3. The van der Waals surface area contributed by atoms with Gasteiger partial charge in [0.05, 0.1) is 12.0 Å². The average molecular weight is 308 g/mol. The van der Waals surface area contributed by atoms with Crippen LogP contribution in [-0.4, -0.2) is 25.1 Å². The molecule has 1 heterocycles. The Labute approximate surface area is 129 Å². The number of anilines is 1. The molecule has 6 heteroatoms. The van der Waals surface area contributed by atoms with Gasteiger partial charge in [-0.05, 0) is 24.7 Å². The van der Waals surface area contributed by atoms with Crippen molar-refractivity contribution in [3.63, 3.8) is 0 Å². The summed E-state index contributed by atoms with van der Waals surface area (Å²) in [6.45, 7) is 1.52. The predicted molar refractivity (Wildman–Crippen MR) is 82.0 cm³/mol. The van der Waals surface area contributed by atoms with Crippen molar-refractivity contribution in [2.45, 2.75) is 38.5 Å². The van der Waals surface area contributed by atoms with Gasteiger partial charge in [0.25, 0.3) is 0 Å².